The number of hydrogen-bond donors (Lipinski definition) is 1. The summed E-state index contributed by atoms with van der Waals surface area (Å²) in [5.74, 6) is 0.687. The first-order valence-electron chi connectivity index (χ1n) is 8.40. The third kappa shape index (κ3) is 3.91. The first-order chi connectivity index (χ1) is 12.7. The summed E-state index contributed by atoms with van der Waals surface area (Å²) in [6.07, 6.45) is 0.940. The van der Waals surface area contributed by atoms with Crippen molar-refractivity contribution in [2.45, 2.75) is 6.04 Å². The highest BCUT2D eigenvalue weighted by atomic mass is 32.2. The monoisotopic (exact) mass is 394 g/mol. The summed E-state index contributed by atoms with van der Waals surface area (Å²) in [5.41, 5.74) is 0.754. The van der Waals surface area contributed by atoms with Crippen LogP contribution < -0.4 is 5.32 Å². The lowest BCUT2D eigenvalue weighted by atomic mass is 10.2. The van der Waals surface area contributed by atoms with Crippen LogP contribution >= 0.6 is 0 Å². The number of amides is 4. The van der Waals surface area contributed by atoms with Gasteiger partial charge >= 0.3 is 12.1 Å². The van der Waals surface area contributed by atoms with Gasteiger partial charge in [-0.2, -0.15) is 0 Å². The second-order valence-electron chi connectivity index (χ2n) is 6.62. The molecular weight excluding hydrogens is 372 g/mol. The van der Waals surface area contributed by atoms with E-state index >= 15 is 0 Å². The van der Waals surface area contributed by atoms with E-state index in [1.807, 2.05) is 49.3 Å². The minimum Gasteiger partial charge on any atom is -0.459 e. The number of carbonyl (C=O) groups is 2. The molecule has 2 heterocycles. The number of para-hydroxylation sites is 1. The molecule has 1 atom stereocenters. The van der Waals surface area contributed by atoms with Crippen LogP contribution in [0.2, 0.25) is 0 Å². The highest BCUT2D eigenvalue weighted by Crippen LogP contribution is 2.26. The zero-order valence-electron chi connectivity index (χ0n) is 15.4. The summed E-state index contributed by atoms with van der Waals surface area (Å²) >= 11 is 0. The fourth-order valence-corrected chi connectivity index (χ4v) is 3.79. The highest BCUT2D eigenvalue weighted by Gasteiger charge is 2.38. The molecule has 3 rings (SSSR count). The fraction of sp³-hybridized carbons (Fsp3) is 0.412. The molecule has 0 aliphatic carbocycles. The number of likely N-dealkylation sites (N-methyl/N-ethyl adjacent to an activating group) is 1. The lowest BCUT2D eigenvalue weighted by Gasteiger charge is -2.24. The summed E-state index contributed by atoms with van der Waals surface area (Å²) in [6.45, 7) is 0.190. The molecule has 1 aliphatic heterocycles. The van der Waals surface area contributed by atoms with Crippen molar-refractivity contribution in [2.24, 2.45) is 0 Å². The molecule has 1 fully saturated rings. The van der Waals surface area contributed by atoms with Gasteiger partial charge in [-0.05, 0) is 26.2 Å². The molecule has 0 radical (unpaired) electrons. The summed E-state index contributed by atoms with van der Waals surface area (Å²) in [4.78, 5) is 27.3. The van der Waals surface area contributed by atoms with Gasteiger partial charge in [0.1, 0.15) is 11.3 Å². The number of imide groups is 1. The lowest BCUT2D eigenvalue weighted by Crippen LogP contribution is -2.45. The van der Waals surface area contributed by atoms with E-state index in [0.29, 0.717) is 10.1 Å². The van der Waals surface area contributed by atoms with Crippen molar-refractivity contribution in [3.8, 4) is 0 Å². The highest BCUT2D eigenvalue weighted by molar-refractivity contribution is 7.88. The second-order valence-corrected chi connectivity index (χ2v) is 8.53. The number of benzene rings is 1. The molecule has 0 saturated carbocycles. The normalized spacial score (nSPS) is 16.4. The third-order valence-corrected chi connectivity index (χ3v) is 5.60. The van der Waals surface area contributed by atoms with Gasteiger partial charge in [0, 0.05) is 11.9 Å². The molecule has 0 bridgehead atoms. The summed E-state index contributed by atoms with van der Waals surface area (Å²) in [7, 11) is 0.0333. The Morgan fingerprint density at radius 1 is 1.30 bits per heavy atom. The average molecular weight is 394 g/mol. The standard InChI is InChI=1S/C17H22N4O5S/c1-19(2)13(15-10-12-6-4-5-7-14(12)26-15)11-18-16(22)20-8-9-21(17(20)23)27(3,24)25/h4-7,10,13H,8-9,11H2,1-3H3,(H,18,22)/t13-/m1/s1. The van der Waals surface area contributed by atoms with E-state index in [1.165, 1.54) is 0 Å². The molecule has 2 aromatic rings. The summed E-state index contributed by atoms with van der Waals surface area (Å²) < 4.78 is 29.7. The Morgan fingerprint density at radius 2 is 2.00 bits per heavy atom. The fourth-order valence-electron chi connectivity index (χ4n) is 3.00. The Balaban J connectivity index is 1.69. The molecule has 1 aliphatic rings. The second kappa shape index (κ2) is 7.20. The van der Waals surface area contributed by atoms with E-state index < -0.39 is 22.1 Å². The minimum atomic E-state index is -3.68. The van der Waals surface area contributed by atoms with Gasteiger partial charge in [-0.15, -0.1) is 0 Å². The number of hydrogen-bond acceptors (Lipinski definition) is 6. The van der Waals surface area contributed by atoms with Crippen molar-refractivity contribution in [1.82, 2.24) is 19.4 Å². The SMILES string of the molecule is CN(C)[C@H](CNC(=O)N1CCN(S(C)(=O)=O)C1=O)c1cc2ccccc2o1. The molecule has 10 heteroatoms. The maximum Gasteiger partial charge on any atom is 0.341 e. The Bertz CT molecular complexity index is 936. The Hall–Kier alpha value is -2.59. The van der Waals surface area contributed by atoms with E-state index in [4.69, 9.17) is 4.42 Å². The molecule has 9 nitrogen and oxygen atoms in total. The van der Waals surface area contributed by atoms with Crippen LogP contribution in [0.5, 0.6) is 0 Å². The maximum absolute atomic E-state index is 12.4. The number of nitrogens with one attached hydrogen (secondary N) is 1. The zero-order valence-corrected chi connectivity index (χ0v) is 16.2. The number of sulfonamides is 1. The molecule has 1 aromatic heterocycles. The van der Waals surface area contributed by atoms with E-state index in [2.05, 4.69) is 5.32 Å². The number of rotatable bonds is 5. The number of carbonyl (C=O) groups excluding carboxylic acids is 2. The maximum atomic E-state index is 12.4. The van der Waals surface area contributed by atoms with Crippen molar-refractivity contribution in [3.05, 3.63) is 36.1 Å². The Labute approximate surface area is 157 Å². The number of nitrogens with zero attached hydrogens (tertiary/aromatic N) is 3. The Morgan fingerprint density at radius 3 is 2.59 bits per heavy atom. The number of urea groups is 2. The Kier molecular flexibility index (Phi) is 5.11. The molecule has 1 N–H and O–H groups in total. The molecular formula is C17H22N4O5S. The van der Waals surface area contributed by atoms with Gasteiger partial charge < -0.3 is 9.73 Å². The number of fused-ring (bicyclic) bond motifs is 1. The van der Waals surface area contributed by atoms with Crippen LogP contribution in [0.25, 0.3) is 11.0 Å². The first-order valence-corrected chi connectivity index (χ1v) is 10.3. The summed E-state index contributed by atoms with van der Waals surface area (Å²) in [6, 6.07) is 7.82. The van der Waals surface area contributed by atoms with E-state index in [-0.39, 0.29) is 25.7 Å². The smallest absolute Gasteiger partial charge is 0.341 e. The van der Waals surface area contributed by atoms with Crippen molar-refractivity contribution < 1.29 is 22.4 Å². The molecule has 4 amide bonds. The van der Waals surface area contributed by atoms with Gasteiger partial charge in [0.15, 0.2) is 0 Å². The summed E-state index contributed by atoms with van der Waals surface area (Å²) in [5, 5.41) is 3.66. The van der Waals surface area contributed by atoms with Crippen molar-refractivity contribution in [3.63, 3.8) is 0 Å². The largest absolute Gasteiger partial charge is 0.459 e. The molecule has 146 valence electrons. The van der Waals surface area contributed by atoms with E-state index in [1.54, 1.807) is 0 Å². The molecule has 27 heavy (non-hydrogen) atoms. The molecule has 1 aromatic carbocycles. The first kappa shape index (κ1) is 19.2. The quantitative estimate of drug-likeness (QED) is 0.823. The van der Waals surface area contributed by atoms with Gasteiger partial charge in [-0.3, -0.25) is 4.90 Å². The van der Waals surface area contributed by atoms with Gasteiger partial charge in [0.05, 0.1) is 25.4 Å². The average Bonchev–Trinajstić information content (AvgIpc) is 3.17. The molecule has 1 saturated heterocycles. The van der Waals surface area contributed by atoms with E-state index in [9.17, 15) is 18.0 Å². The van der Waals surface area contributed by atoms with Gasteiger partial charge in [0.25, 0.3) is 0 Å². The topological polar surface area (TPSA) is 103 Å². The van der Waals surface area contributed by atoms with Crippen LogP contribution in [-0.2, 0) is 10.0 Å². The van der Waals surface area contributed by atoms with Crippen LogP contribution in [0.1, 0.15) is 11.8 Å². The zero-order chi connectivity index (χ0) is 19.8. The van der Waals surface area contributed by atoms with Crippen LogP contribution in [-0.4, -0.2) is 74.6 Å². The minimum absolute atomic E-state index is 0.0228. The van der Waals surface area contributed by atoms with Crippen LogP contribution in [0, 0.1) is 0 Å². The number of furan rings is 1. The van der Waals surface area contributed by atoms with Gasteiger partial charge in [-0.1, -0.05) is 18.2 Å². The van der Waals surface area contributed by atoms with Gasteiger partial charge in [-0.25, -0.2) is 27.2 Å². The lowest BCUT2D eigenvalue weighted by molar-refractivity contribution is 0.189. The predicted octanol–water partition coefficient (Wildman–Crippen LogP) is 1.44. The molecule has 0 spiro atoms. The predicted molar refractivity (Wildman–Crippen MR) is 99.7 cm³/mol. The van der Waals surface area contributed by atoms with Crippen LogP contribution in [0.15, 0.2) is 34.7 Å². The van der Waals surface area contributed by atoms with Crippen LogP contribution in [0.3, 0.4) is 0 Å². The van der Waals surface area contributed by atoms with Crippen molar-refractivity contribution in [1.29, 1.82) is 0 Å². The van der Waals surface area contributed by atoms with Crippen molar-refractivity contribution in [2.75, 3.05) is 40.0 Å². The third-order valence-electron chi connectivity index (χ3n) is 4.46. The van der Waals surface area contributed by atoms with Crippen molar-refractivity contribution >= 4 is 33.1 Å². The van der Waals surface area contributed by atoms with Gasteiger partial charge in [0.2, 0.25) is 10.0 Å². The van der Waals surface area contributed by atoms with E-state index in [0.717, 1.165) is 22.1 Å². The van der Waals surface area contributed by atoms with Crippen LogP contribution in [0.4, 0.5) is 9.59 Å². The molecule has 0 unspecified atom stereocenters.